The van der Waals surface area contributed by atoms with E-state index in [4.69, 9.17) is 5.26 Å². The van der Waals surface area contributed by atoms with Crippen molar-refractivity contribution >= 4 is 21.6 Å². The molecule has 0 aromatic carbocycles. The van der Waals surface area contributed by atoms with Gasteiger partial charge in [0.15, 0.2) is 9.84 Å². The molecule has 1 aliphatic rings. The van der Waals surface area contributed by atoms with Crippen LogP contribution in [0, 0.1) is 11.3 Å². The Hall–Kier alpha value is -0.210. The maximum atomic E-state index is 11.6. The molecule has 1 saturated heterocycles. The summed E-state index contributed by atoms with van der Waals surface area (Å²) < 4.78 is 22.8. The van der Waals surface area contributed by atoms with Gasteiger partial charge in [-0.3, -0.25) is 0 Å². The summed E-state index contributed by atoms with van der Waals surface area (Å²) in [5.41, 5.74) is 0. The molecule has 15 heavy (non-hydrogen) atoms. The Balaban J connectivity index is 2.60. The second-order valence-corrected chi connectivity index (χ2v) is 8.38. The maximum Gasteiger partial charge on any atom is 0.152 e. The highest BCUT2D eigenvalue weighted by molar-refractivity contribution is 8.01. The van der Waals surface area contributed by atoms with Gasteiger partial charge in [-0.25, -0.2) is 8.42 Å². The fraction of sp³-hybridized carbons (Fsp3) is 0.900. The van der Waals surface area contributed by atoms with E-state index < -0.39 is 14.6 Å². The lowest BCUT2D eigenvalue weighted by atomic mass is 10.0. The quantitative estimate of drug-likeness (QED) is 0.762. The zero-order valence-corrected chi connectivity index (χ0v) is 10.8. The minimum Gasteiger partial charge on any atom is -0.229 e. The SMILES string of the molecule is CC(C)S(=O)(=O)CCC1(C#N)CCCS1. The van der Waals surface area contributed by atoms with Crippen LogP contribution in [0.15, 0.2) is 0 Å². The summed E-state index contributed by atoms with van der Waals surface area (Å²) in [6.07, 6.45) is 2.34. The van der Waals surface area contributed by atoms with Crippen LogP contribution in [0.3, 0.4) is 0 Å². The van der Waals surface area contributed by atoms with Gasteiger partial charge in [-0.05, 0) is 38.9 Å². The van der Waals surface area contributed by atoms with Crippen LogP contribution in [0.4, 0.5) is 0 Å². The summed E-state index contributed by atoms with van der Waals surface area (Å²) in [4.78, 5) is 0. The molecule has 1 unspecified atom stereocenters. The normalized spacial score (nSPS) is 26.8. The first-order valence-electron chi connectivity index (χ1n) is 5.19. The zero-order chi connectivity index (χ0) is 11.5. The van der Waals surface area contributed by atoms with Gasteiger partial charge in [-0.15, -0.1) is 11.8 Å². The van der Waals surface area contributed by atoms with E-state index in [0.29, 0.717) is 6.42 Å². The Morgan fingerprint density at radius 2 is 2.20 bits per heavy atom. The molecule has 0 spiro atoms. The highest BCUT2D eigenvalue weighted by Crippen LogP contribution is 2.40. The Morgan fingerprint density at radius 1 is 1.53 bits per heavy atom. The number of nitriles is 1. The summed E-state index contributed by atoms with van der Waals surface area (Å²) in [5, 5.41) is 8.75. The average Bonchev–Trinajstić information content (AvgIpc) is 2.64. The van der Waals surface area contributed by atoms with Gasteiger partial charge in [0, 0.05) is 0 Å². The van der Waals surface area contributed by atoms with Crippen LogP contribution in [0.1, 0.15) is 33.1 Å². The van der Waals surface area contributed by atoms with Gasteiger partial charge in [0.2, 0.25) is 0 Å². The minimum absolute atomic E-state index is 0.144. The number of hydrogen-bond donors (Lipinski definition) is 0. The van der Waals surface area contributed by atoms with E-state index in [0.717, 1.165) is 18.6 Å². The first kappa shape index (κ1) is 12.9. The molecular formula is C10H17NO2S2. The summed E-state index contributed by atoms with van der Waals surface area (Å²) in [5.74, 6) is 1.13. The Morgan fingerprint density at radius 3 is 2.60 bits per heavy atom. The third-order valence-electron chi connectivity index (χ3n) is 2.82. The van der Waals surface area contributed by atoms with Crippen LogP contribution < -0.4 is 0 Å². The van der Waals surface area contributed by atoms with E-state index in [-0.39, 0.29) is 11.0 Å². The smallest absolute Gasteiger partial charge is 0.152 e. The molecule has 86 valence electrons. The van der Waals surface area contributed by atoms with E-state index in [9.17, 15) is 8.42 Å². The summed E-state index contributed by atoms with van der Waals surface area (Å²) >= 11 is 1.62. The molecule has 0 bridgehead atoms. The fourth-order valence-electron chi connectivity index (χ4n) is 1.58. The Bertz CT molecular complexity index is 348. The molecule has 0 aromatic rings. The van der Waals surface area contributed by atoms with Crippen LogP contribution in [-0.2, 0) is 9.84 Å². The lowest BCUT2D eigenvalue weighted by Crippen LogP contribution is -2.26. The molecule has 1 fully saturated rings. The molecule has 0 saturated carbocycles. The van der Waals surface area contributed by atoms with Crippen LogP contribution in [0.25, 0.3) is 0 Å². The molecule has 3 nitrogen and oxygen atoms in total. The predicted molar refractivity (Wildman–Crippen MR) is 63.6 cm³/mol. The van der Waals surface area contributed by atoms with Crippen LogP contribution in [0.5, 0.6) is 0 Å². The van der Waals surface area contributed by atoms with Crippen molar-refractivity contribution in [1.82, 2.24) is 0 Å². The average molecular weight is 247 g/mol. The van der Waals surface area contributed by atoms with Crippen molar-refractivity contribution in [2.75, 3.05) is 11.5 Å². The van der Waals surface area contributed by atoms with Gasteiger partial charge < -0.3 is 0 Å². The molecule has 0 radical (unpaired) electrons. The first-order chi connectivity index (χ1) is 6.92. The zero-order valence-electron chi connectivity index (χ0n) is 9.19. The van der Waals surface area contributed by atoms with Gasteiger partial charge in [0.25, 0.3) is 0 Å². The van der Waals surface area contributed by atoms with Gasteiger partial charge >= 0.3 is 0 Å². The third kappa shape index (κ3) is 3.12. The van der Waals surface area contributed by atoms with Gasteiger partial charge in [-0.2, -0.15) is 5.26 Å². The Labute approximate surface area is 96.2 Å². The van der Waals surface area contributed by atoms with Gasteiger partial charge in [-0.1, -0.05) is 0 Å². The van der Waals surface area contributed by atoms with E-state index in [1.807, 2.05) is 0 Å². The number of nitrogens with zero attached hydrogens (tertiary/aromatic N) is 1. The predicted octanol–water partition coefficient (Wildman–Crippen LogP) is 1.99. The topological polar surface area (TPSA) is 57.9 Å². The largest absolute Gasteiger partial charge is 0.229 e. The molecule has 1 atom stereocenters. The van der Waals surface area contributed by atoms with Gasteiger partial charge in [0.05, 0.1) is 17.1 Å². The van der Waals surface area contributed by atoms with Crippen molar-refractivity contribution in [3.63, 3.8) is 0 Å². The number of sulfone groups is 1. The van der Waals surface area contributed by atoms with E-state index in [1.54, 1.807) is 25.6 Å². The van der Waals surface area contributed by atoms with E-state index >= 15 is 0 Å². The molecule has 0 aromatic heterocycles. The van der Waals surface area contributed by atoms with Crippen molar-refractivity contribution in [2.45, 2.75) is 43.1 Å². The maximum absolute atomic E-state index is 11.6. The summed E-state index contributed by atoms with van der Waals surface area (Å²) in [7, 11) is -3.00. The van der Waals surface area contributed by atoms with E-state index in [2.05, 4.69) is 6.07 Å². The summed E-state index contributed by atoms with van der Waals surface area (Å²) in [6.45, 7) is 3.38. The van der Waals surface area contributed by atoms with Crippen molar-refractivity contribution in [3.05, 3.63) is 0 Å². The molecule has 1 heterocycles. The number of thioether (sulfide) groups is 1. The second-order valence-electron chi connectivity index (χ2n) is 4.22. The van der Waals surface area contributed by atoms with Crippen LogP contribution in [-0.4, -0.2) is 29.9 Å². The lowest BCUT2D eigenvalue weighted by molar-refractivity contribution is 0.575. The molecule has 0 amide bonds. The standard InChI is InChI=1S/C10H17NO2S2/c1-9(2)15(12,13)7-5-10(8-11)4-3-6-14-10/h9H,3-7H2,1-2H3. The lowest BCUT2D eigenvalue weighted by Gasteiger charge is -2.19. The third-order valence-corrected chi connectivity index (χ3v) is 6.57. The van der Waals surface area contributed by atoms with Gasteiger partial charge in [0.1, 0.15) is 4.75 Å². The monoisotopic (exact) mass is 247 g/mol. The molecule has 5 heteroatoms. The first-order valence-corrected chi connectivity index (χ1v) is 7.89. The van der Waals surface area contributed by atoms with E-state index in [1.165, 1.54) is 0 Å². The fourth-order valence-corrected chi connectivity index (χ4v) is 4.09. The molecular weight excluding hydrogens is 230 g/mol. The number of hydrogen-bond acceptors (Lipinski definition) is 4. The molecule has 0 aliphatic carbocycles. The van der Waals surface area contributed by atoms with Crippen LogP contribution in [0.2, 0.25) is 0 Å². The number of rotatable bonds is 4. The van der Waals surface area contributed by atoms with Crippen molar-refractivity contribution < 1.29 is 8.42 Å². The summed E-state index contributed by atoms with van der Waals surface area (Å²) in [6, 6.07) is 2.29. The minimum atomic E-state index is -3.00. The highest BCUT2D eigenvalue weighted by Gasteiger charge is 2.36. The van der Waals surface area contributed by atoms with Crippen molar-refractivity contribution in [1.29, 1.82) is 5.26 Å². The highest BCUT2D eigenvalue weighted by atomic mass is 32.2. The molecule has 0 N–H and O–H groups in total. The molecule has 1 rings (SSSR count). The molecule has 1 aliphatic heterocycles. The second kappa shape index (κ2) is 4.75. The van der Waals surface area contributed by atoms with Crippen molar-refractivity contribution in [3.8, 4) is 6.07 Å². The van der Waals surface area contributed by atoms with Crippen molar-refractivity contribution in [2.24, 2.45) is 0 Å². The Kier molecular flexibility index (Phi) is 4.07. The van der Waals surface area contributed by atoms with Crippen LogP contribution >= 0.6 is 11.8 Å².